The molecule has 5 aromatic carbocycles. The number of hydrogen-bond donors (Lipinski definition) is 0. The van der Waals surface area contributed by atoms with Crippen molar-refractivity contribution >= 4 is 22.5 Å². The molecular weight excluding hydrogens is 669 g/mol. The highest BCUT2D eigenvalue weighted by Gasteiger charge is 2.47. The molecule has 0 N–H and O–H groups in total. The minimum absolute atomic E-state index is 0.269. The molecule has 1 atom stereocenters. The van der Waals surface area contributed by atoms with Gasteiger partial charge in [-0.25, -0.2) is 0 Å². The molecule has 54 heavy (non-hydrogen) atoms. The lowest BCUT2D eigenvalue weighted by Gasteiger charge is -2.39. The zero-order valence-corrected chi connectivity index (χ0v) is 31.6. The molecule has 4 aliphatic rings. The molecule has 5 aromatic rings. The van der Waals surface area contributed by atoms with Crippen LogP contribution in [-0.2, 0) is 26.9 Å². The zero-order valence-electron chi connectivity index (χ0n) is 31.6. The summed E-state index contributed by atoms with van der Waals surface area (Å²) >= 11 is 0. The molecule has 0 amide bonds. The number of anilines is 1. The Balaban J connectivity index is 1.24. The normalized spacial score (nSPS) is 20.1. The van der Waals surface area contributed by atoms with Crippen molar-refractivity contribution in [2.75, 3.05) is 51.5 Å². The van der Waals surface area contributed by atoms with Gasteiger partial charge in [-0.2, -0.15) is 5.26 Å². The quantitative estimate of drug-likeness (QED) is 0.159. The van der Waals surface area contributed by atoms with E-state index in [9.17, 15) is 5.26 Å². The lowest BCUT2D eigenvalue weighted by atomic mass is 9.71. The van der Waals surface area contributed by atoms with Gasteiger partial charge in [0.15, 0.2) is 5.60 Å². The molecule has 0 bridgehead atoms. The van der Waals surface area contributed by atoms with Gasteiger partial charge in [0, 0.05) is 59.5 Å². The maximum atomic E-state index is 9.98. The van der Waals surface area contributed by atoms with E-state index >= 15 is 0 Å². The number of nitrogens with zero attached hydrogens (tertiary/aromatic N) is 2. The topological polar surface area (TPSA) is 64.0 Å². The highest BCUT2D eigenvalue weighted by molar-refractivity contribution is 6.09. The first-order valence-corrected chi connectivity index (χ1v) is 19.7. The molecule has 274 valence electrons. The number of hydrogen-bond acceptors (Lipinski definition) is 6. The molecule has 1 aliphatic carbocycles. The van der Waals surface area contributed by atoms with Crippen LogP contribution in [0.2, 0.25) is 0 Å². The third-order valence-corrected chi connectivity index (χ3v) is 12.8. The van der Waals surface area contributed by atoms with Gasteiger partial charge >= 0.3 is 0 Å². The lowest BCUT2D eigenvalue weighted by molar-refractivity contribution is 0.0665. The third-order valence-electron chi connectivity index (χ3n) is 12.8. The number of nitriles is 1. The summed E-state index contributed by atoms with van der Waals surface area (Å²) in [6, 6.07) is 33.2. The van der Waals surface area contributed by atoms with Crippen LogP contribution in [-0.4, -0.2) is 46.6 Å². The van der Waals surface area contributed by atoms with Crippen LogP contribution in [0, 0.1) is 17.2 Å². The van der Waals surface area contributed by atoms with Crippen molar-refractivity contribution in [2.24, 2.45) is 5.92 Å². The number of benzene rings is 5. The van der Waals surface area contributed by atoms with Crippen molar-refractivity contribution in [2.45, 2.75) is 57.0 Å². The molecule has 6 heteroatoms. The van der Waals surface area contributed by atoms with E-state index in [4.69, 9.17) is 18.9 Å². The number of morpholine rings is 1. The zero-order chi connectivity index (χ0) is 36.9. The largest absolute Gasteiger partial charge is 0.497 e. The highest BCUT2D eigenvalue weighted by Crippen LogP contribution is 2.60. The van der Waals surface area contributed by atoms with Crippen molar-refractivity contribution in [3.05, 3.63) is 130 Å². The van der Waals surface area contributed by atoms with Crippen LogP contribution in [0.1, 0.15) is 78.5 Å². The van der Waals surface area contributed by atoms with E-state index in [2.05, 4.69) is 116 Å². The Labute approximate surface area is 318 Å². The molecule has 0 saturated carbocycles. The van der Waals surface area contributed by atoms with Crippen LogP contribution < -0.4 is 14.4 Å². The summed E-state index contributed by atoms with van der Waals surface area (Å²) in [5, 5.41) is 12.1. The van der Waals surface area contributed by atoms with Gasteiger partial charge < -0.3 is 23.8 Å². The minimum Gasteiger partial charge on any atom is -0.497 e. The first-order valence-electron chi connectivity index (χ1n) is 19.7. The van der Waals surface area contributed by atoms with Gasteiger partial charge in [0.2, 0.25) is 0 Å². The third kappa shape index (κ3) is 5.51. The average molecular weight is 717 g/mol. The van der Waals surface area contributed by atoms with Crippen molar-refractivity contribution in [3.63, 3.8) is 0 Å². The molecule has 3 aliphatic heterocycles. The van der Waals surface area contributed by atoms with Gasteiger partial charge in [-0.15, -0.1) is 0 Å². The van der Waals surface area contributed by atoms with Crippen molar-refractivity contribution in [3.8, 4) is 28.7 Å². The van der Waals surface area contributed by atoms with E-state index in [1.54, 1.807) is 7.11 Å². The van der Waals surface area contributed by atoms with Gasteiger partial charge in [0.1, 0.15) is 11.5 Å². The first-order chi connectivity index (χ1) is 26.5. The fourth-order valence-electron chi connectivity index (χ4n) is 9.76. The highest BCUT2D eigenvalue weighted by atomic mass is 16.5. The minimum atomic E-state index is -0.876. The second-order valence-corrected chi connectivity index (χ2v) is 15.3. The van der Waals surface area contributed by atoms with Crippen molar-refractivity contribution in [1.29, 1.82) is 5.26 Å². The fourth-order valence-corrected chi connectivity index (χ4v) is 9.76. The second kappa shape index (κ2) is 14.0. The van der Waals surface area contributed by atoms with Gasteiger partial charge in [0.05, 0.1) is 32.0 Å². The molecule has 9 rings (SSSR count). The molecule has 1 unspecified atom stereocenters. The van der Waals surface area contributed by atoms with E-state index < -0.39 is 5.60 Å². The summed E-state index contributed by atoms with van der Waals surface area (Å²) < 4.78 is 24.8. The van der Waals surface area contributed by atoms with Crippen molar-refractivity contribution in [1.82, 2.24) is 0 Å². The van der Waals surface area contributed by atoms with Gasteiger partial charge in [-0.1, -0.05) is 62.4 Å². The summed E-state index contributed by atoms with van der Waals surface area (Å²) in [4.78, 5) is 2.39. The summed E-state index contributed by atoms with van der Waals surface area (Å²) in [5.41, 5.74) is 10.3. The predicted molar refractivity (Wildman–Crippen MR) is 216 cm³/mol. The molecule has 0 spiro atoms. The molecule has 2 fully saturated rings. The molecule has 3 heterocycles. The molecular formula is C48H48N2O4. The van der Waals surface area contributed by atoms with E-state index in [1.807, 2.05) is 6.07 Å². The SMILES string of the molecule is CCC1(CC)c2cc(C#N)ccc2-c2c1c1c(c3cc(OC)ccc23)OC(c2ccc(CC3CCOCC3)cc2)(c2ccc(N3CCOCC3)cc2)C=C1. The monoisotopic (exact) mass is 716 g/mol. The Morgan fingerprint density at radius 1 is 0.815 bits per heavy atom. The van der Waals surface area contributed by atoms with E-state index in [0.717, 1.165) is 111 Å². The summed E-state index contributed by atoms with van der Waals surface area (Å²) in [6.07, 6.45) is 9.72. The van der Waals surface area contributed by atoms with Crippen LogP contribution in [0.4, 0.5) is 5.69 Å². The summed E-state index contributed by atoms with van der Waals surface area (Å²) in [6.45, 7) is 9.53. The number of rotatable bonds is 8. The molecule has 0 radical (unpaired) electrons. The Hall–Kier alpha value is -5.09. The molecule has 2 saturated heterocycles. The number of ether oxygens (including phenoxy) is 4. The Morgan fingerprint density at radius 2 is 1.52 bits per heavy atom. The van der Waals surface area contributed by atoms with Crippen LogP contribution in [0.3, 0.4) is 0 Å². The first kappa shape index (κ1) is 34.7. The van der Waals surface area contributed by atoms with E-state index in [1.165, 1.54) is 33.5 Å². The van der Waals surface area contributed by atoms with Gasteiger partial charge in [-0.05, 0) is 120 Å². The number of fused-ring (bicyclic) bond motifs is 8. The molecule has 0 aromatic heterocycles. The Morgan fingerprint density at radius 3 is 2.20 bits per heavy atom. The Kier molecular flexibility index (Phi) is 8.96. The van der Waals surface area contributed by atoms with E-state index in [0.29, 0.717) is 11.5 Å². The van der Waals surface area contributed by atoms with Crippen molar-refractivity contribution < 1.29 is 18.9 Å². The van der Waals surface area contributed by atoms with Crippen LogP contribution in [0.25, 0.3) is 28.0 Å². The van der Waals surface area contributed by atoms with Crippen LogP contribution in [0.15, 0.2) is 91.0 Å². The van der Waals surface area contributed by atoms with E-state index in [-0.39, 0.29) is 5.41 Å². The van der Waals surface area contributed by atoms with Crippen LogP contribution in [0.5, 0.6) is 11.5 Å². The lowest BCUT2D eigenvalue weighted by Crippen LogP contribution is -2.37. The summed E-state index contributed by atoms with van der Waals surface area (Å²) in [7, 11) is 1.72. The van der Waals surface area contributed by atoms with Gasteiger partial charge in [-0.3, -0.25) is 0 Å². The van der Waals surface area contributed by atoms with Gasteiger partial charge in [0.25, 0.3) is 0 Å². The van der Waals surface area contributed by atoms with Crippen LogP contribution >= 0.6 is 0 Å². The Bertz CT molecular complexity index is 2270. The predicted octanol–water partition coefficient (Wildman–Crippen LogP) is 9.96. The fraction of sp³-hybridized carbons (Fsp3) is 0.354. The average Bonchev–Trinajstić information content (AvgIpc) is 3.54. The molecule has 6 nitrogen and oxygen atoms in total. The summed E-state index contributed by atoms with van der Waals surface area (Å²) in [5.74, 6) is 2.31. The standard InChI is InChI=1S/C48H48N2O4/c1-4-47(5-2)43-29-34(31-49)8-16-40(43)44-39-17-15-38(51-3)30-42(39)46-41(45(44)47)18-21-48(54-46,36-11-13-37(14-12-36)50-22-26-53-27-23-50)35-9-6-32(7-10-35)28-33-19-24-52-25-20-33/h6-18,21,29-30,33H,4-5,19-20,22-28H2,1-3H3. The maximum absolute atomic E-state index is 9.98. The number of methoxy groups -OCH3 is 1. The second-order valence-electron chi connectivity index (χ2n) is 15.3. The maximum Gasteiger partial charge on any atom is 0.178 e. The smallest absolute Gasteiger partial charge is 0.178 e.